The number of para-hydroxylation sites is 1. The first-order valence-electron chi connectivity index (χ1n) is 12.2. The van der Waals surface area contributed by atoms with Crippen molar-refractivity contribution < 1.29 is 19.1 Å². The van der Waals surface area contributed by atoms with Gasteiger partial charge in [-0.25, -0.2) is 4.79 Å². The Morgan fingerprint density at radius 3 is 2.35 bits per heavy atom. The molecule has 2 unspecified atom stereocenters. The van der Waals surface area contributed by atoms with E-state index in [4.69, 9.17) is 11.2 Å². The highest BCUT2D eigenvalue weighted by molar-refractivity contribution is 7.98. The number of nitrogens with one attached hydrogen (secondary N) is 2. The van der Waals surface area contributed by atoms with Crippen LogP contribution in [0.15, 0.2) is 48.5 Å². The van der Waals surface area contributed by atoms with E-state index in [0.717, 1.165) is 5.56 Å². The number of thioether (sulfide) groups is 1. The molecule has 0 bridgehead atoms. The van der Waals surface area contributed by atoms with Crippen LogP contribution in [0.5, 0.6) is 0 Å². The number of hydrogen-bond acceptors (Lipinski definition) is 5. The molecule has 2 aromatic carbocycles. The summed E-state index contributed by atoms with van der Waals surface area (Å²) < 4.78 is 5.40. The summed E-state index contributed by atoms with van der Waals surface area (Å²) >= 11 is 1.56. The molecule has 3 amide bonds. The van der Waals surface area contributed by atoms with Gasteiger partial charge in [-0.05, 0) is 76.3 Å². The molecule has 2 N–H and O–H groups in total. The maximum atomic E-state index is 13.9. The van der Waals surface area contributed by atoms with Gasteiger partial charge < -0.3 is 20.3 Å². The van der Waals surface area contributed by atoms with Crippen LogP contribution in [-0.4, -0.2) is 53.0 Å². The largest absolute Gasteiger partial charge is 0.444 e. The van der Waals surface area contributed by atoms with Crippen molar-refractivity contribution in [1.29, 1.82) is 0 Å². The molecule has 0 aliphatic heterocycles. The lowest BCUT2D eigenvalue weighted by atomic mass is 9.97. The summed E-state index contributed by atoms with van der Waals surface area (Å²) in [5, 5.41) is 5.68. The summed E-state index contributed by atoms with van der Waals surface area (Å²) in [5.74, 6) is 2.48. The second-order valence-electron chi connectivity index (χ2n) is 9.54. The highest BCUT2D eigenvalue weighted by Gasteiger charge is 2.36. The van der Waals surface area contributed by atoms with Gasteiger partial charge in [-0.15, -0.1) is 6.42 Å². The summed E-state index contributed by atoms with van der Waals surface area (Å²) in [6.07, 6.45) is 7.38. The van der Waals surface area contributed by atoms with Crippen LogP contribution < -0.4 is 10.6 Å². The molecule has 0 heterocycles. The lowest BCUT2D eigenvalue weighted by molar-refractivity contribution is -0.140. The second kappa shape index (κ2) is 13.8. The van der Waals surface area contributed by atoms with Crippen LogP contribution in [0.2, 0.25) is 0 Å². The molecule has 0 radical (unpaired) electrons. The van der Waals surface area contributed by atoms with E-state index in [9.17, 15) is 14.4 Å². The van der Waals surface area contributed by atoms with Gasteiger partial charge in [-0.3, -0.25) is 9.59 Å². The van der Waals surface area contributed by atoms with Gasteiger partial charge in [0.05, 0.1) is 0 Å². The van der Waals surface area contributed by atoms with Gasteiger partial charge in [0.25, 0.3) is 5.91 Å². The van der Waals surface area contributed by atoms with Gasteiger partial charge in [-0.2, -0.15) is 11.8 Å². The Kier molecular flexibility index (Phi) is 11.1. The number of terminal acetylenes is 1. The average Bonchev–Trinajstić information content (AvgIpc) is 2.84. The molecule has 37 heavy (non-hydrogen) atoms. The fraction of sp³-hybridized carbons (Fsp3) is 0.414. The van der Waals surface area contributed by atoms with Gasteiger partial charge >= 0.3 is 6.09 Å². The molecule has 0 aliphatic rings. The van der Waals surface area contributed by atoms with Crippen molar-refractivity contribution >= 4 is 35.4 Å². The highest BCUT2D eigenvalue weighted by atomic mass is 32.2. The Morgan fingerprint density at radius 1 is 1.11 bits per heavy atom. The topological polar surface area (TPSA) is 87.7 Å². The van der Waals surface area contributed by atoms with E-state index in [2.05, 4.69) is 16.6 Å². The van der Waals surface area contributed by atoms with Crippen molar-refractivity contribution in [3.8, 4) is 12.3 Å². The van der Waals surface area contributed by atoms with Crippen molar-refractivity contribution in [2.75, 3.05) is 23.9 Å². The maximum Gasteiger partial charge on any atom is 0.408 e. The maximum absolute atomic E-state index is 13.9. The fourth-order valence-electron chi connectivity index (χ4n) is 3.84. The van der Waals surface area contributed by atoms with Crippen molar-refractivity contribution in [2.24, 2.45) is 0 Å². The van der Waals surface area contributed by atoms with Crippen LogP contribution in [0.1, 0.15) is 56.8 Å². The first-order chi connectivity index (χ1) is 17.5. The number of rotatable bonds is 10. The Morgan fingerprint density at radius 2 is 1.76 bits per heavy atom. The van der Waals surface area contributed by atoms with Crippen LogP contribution in [0.3, 0.4) is 0 Å². The molecule has 0 aliphatic carbocycles. The third-order valence-electron chi connectivity index (χ3n) is 5.60. The zero-order valence-electron chi connectivity index (χ0n) is 22.5. The molecule has 2 rings (SSSR count). The number of anilines is 1. The number of carbonyl (C=O) groups is 3. The number of aryl methyl sites for hydroxylation is 1. The summed E-state index contributed by atoms with van der Waals surface area (Å²) in [5.41, 5.74) is 1.86. The zero-order valence-corrected chi connectivity index (χ0v) is 23.3. The number of benzene rings is 2. The predicted octanol–water partition coefficient (Wildman–Crippen LogP) is 5.15. The van der Waals surface area contributed by atoms with E-state index in [-0.39, 0.29) is 12.5 Å². The number of carbonyl (C=O) groups excluding carboxylic acids is 3. The third kappa shape index (κ3) is 8.57. The molecular formula is C29H37N3O4S. The molecule has 0 saturated heterocycles. The molecule has 0 saturated carbocycles. The minimum atomic E-state index is -1.01. The predicted molar refractivity (Wildman–Crippen MR) is 150 cm³/mol. The number of alkyl carbamates (subject to hydrolysis) is 1. The van der Waals surface area contributed by atoms with E-state index in [1.807, 2.05) is 31.4 Å². The molecular weight excluding hydrogens is 486 g/mol. The fourth-order valence-corrected chi connectivity index (χ4v) is 4.31. The van der Waals surface area contributed by atoms with E-state index < -0.39 is 29.7 Å². The van der Waals surface area contributed by atoms with Crippen molar-refractivity contribution in [3.63, 3.8) is 0 Å². The summed E-state index contributed by atoms with van der Waals surface area (Å²) in [6.45, 7) is 9.18. The summed E-state index contributed by atoms with van der Waals surface area (Å²) in [7, 11) is 0. The van der Waals surface area contributed by atoms with E-state index >= 15 is 0 Å². The summed E-state index contributed by atoms with van der Waals surface area (Å²) in [4.78, 5) is 41.8. The van der Waals surface area contributed by atoms with Crippen molar-refractivity contribution in [2.45, 2.75) is 58.7 Å². The SMILES string of the molecule is C#Cc1ccccc1C(C(=O)Nc1ccccc1C)N(CC)C(=O)C(CCSC)NC(=O)OC(C)(C)C. The molecule has 7 nitrogen and oxygen atoms in total. The lowest BCUT2D eigenvalue weighted by Crippen LogP contribution is -2.52. The Balaban J connectivity index is 2.50. The van der Waals surface area contributed by atoms with E-state index in [0.29, 0.717) is 29.0 Å². The number of nitrogens with zero attached hydrogens (tertiary/aromatic N) is 1. The number of likely N-dealkylation sites (N-methyl/N-ethyl adjacent to an activating group) is 1. The zero-order chi connectivity index (χ0) is 27.6. The van der Waals surface area contributed by atoms with E-state index in [1.54, 1.807) is 69.8 Å². The second-order valence-corrected chi connectivity index (χ2v) is 10.5. The van der Waals surface area contributed by atoms with Gasteiger partial charge in [-0.1, -0.05) is 42.3 Å². The van der Waals surface area contributed by atoms with Crippen molar-refractivity contribution in [3.05, 3.63) is 65.2 Å². The van der Waals surface area contributed by atoms with Crippen LogP contribution in [0.4, 0.5) is 10.5 Å². The Bertz CT molecular complexity index is 1140. The van der Waals surface area contributed by atoms with E-state index in [1.165, 1.54) is 4.90 Å². The summed E-state index contributed by atoms with van der Waals surface area (Å²) in [6, 6.07) is 12.6. The molecule has 2 aromatic rings. The smallest absolute Gasteiger partial charge is 0.408 e. The molecule has 2 atom stereocenters. The quantitative estimate of drug-likeness (QED) is 0.421. The van der Waals surface area contributed by atoms with Gasteiger partial charge in [0, 0.05) is 17.8 Å². The first kappa shape index (κ1) is 29.8. The van der Waals surface area contributed by atoms with Crippen LogP contribution in [0.25, 0.3) is 0 Å². The minimum Gasteiger partial charge on any atom is -0.444 e. The van der Waals surface area contributed by atoms with Crippen LogP contribution >= 0.6 is 11.8 Å². The first-order valence-corrected chi connectivity index (χ1v) is 13.6. The third-order valence-corrected chi connectivity index (χ3v) is 6.24. The normalized spacial score (nSPS) is 12.6. The van der Waals surface area contributed by atoms with Gasteiger partial charge in [0.1, 0.15) is 17.7 Å². The molecule has 0 aromatic heterocycles. The standard InChI is InChI=1S/C29H37N3O4S/c1-8-21-15-11-12-16-22(21)25(26(33)30-23-17-13-10-14-20(23)3)32(9-2)27(34)24(18-19-37-7)31-28(35)36-29(4,5)6/h1,10-17,24-25H,9,18-19H2,2-7H3,(H,30,33)(H,31,35). The van der Waals surface area contributed by atoms with Gasteiger partial charge in [0.15, 0.2) is 0 Å². The van der Waals surface area contributed by atoms with Crippen LogP contribution in [0, 0.1) is 19.3 Å². The lowest BCUT2D eigenvalue weighted by Gasteiger charge is -2.34. The molecule has 0 spiro atoms. The Hall–Kier alpha value is -3.44. The number of ether oxygens (including phenoxy) is 1. The molecule has 0 fully saturated rings. The molecule has 198 valence electrons. The number of hydrogen-bond donors (Lipinski definition) is 2. The van der Waals surface area contributed by atoms with Crippen LogP contribution in [-0.2, 0) is 14.3 Å². The Labute approximate surface area is 224 Å². The average molecular weight is 524 g/mol. The minimum absolute atomic E-state index is 0.218. The molecule has 8 heteroatoms. The highest BCUT2D eigenvalue weighted by Crippen LogP contribution is 2.28. The van der Waals surface area contributed by atoms with Gasteiger partial charge in [0.2, 0.25) is 5.91 Å². The number of amides is 3. The monoisotopic (exact) mass is 523 g/mol. The van der Waals surface area contributed by atoms with Crippen molar-refractivity contribution in [1.82, 2.24) is 10.2 Å².